The summed E-state index contributed by atoms with van der Waals surface area (Å²) in [6.07, 6.45) is 23.2. The fourth-order valence-electron chi connectivity index (χ4n) is 5.54. The Labute approximate surface area is 120 Å². The van der Waals surface area contributed by atoms with Crippen molar-refractivity contribution in [2.24, 2.45) is 23.7 Å². The minimum absolute atomic E-state index is 1.16. The van der Waals surface area contributed by atoms with Crippen LogP contribution in [-0.4, -0.2) is 0 Å². The van der Waals surface area contributed by atoms with E-state index in [-0.39, 0.29) is 0 Å². The van der Waals surface area contributed by atoms with E-state index in [0.29, 0.717) is 0 Å². The fourth-order valence-corrected chi connectivity index (χ4v) is 5.54. The second-order valence-electron chi connectivity index (χ2n) is 7.82. The van der Waals surface area contributed by atoms with E-state index in [1.165, 1.54) is 56.8 Å². The quantitative estimate of drug-likeness (QED) is 0.477. The molecule has 0 heterocycles. The lowest BCUT2D eigenvalue weighted by Crippen LogP contribution is -2.22. The van der Waals surface area contributed by atoms with Crippen LogP contribution in [0.4, 0.5) is 0 Å². The highest BCUT2D eigenvalue weighted by atomic mass is 14.3. The van der Waals surface area contributed by atoms with Gasteiger partial charge in [-0.15, -0.1) is 0 Å². The van der Waals surface area contributed by atoms with Crippen LogP contribution in [0.3, 0.4) is 0 Å². The smallest absolute Gasteiger partial charge is 0.0386 e. The third kappa shape index (κ3) is 3.76. The summed E-state index contributed by atoms with van der Waals surface area (Å²) in [6.45, 7) is 0. The van der Waals surface area contributed by atoms with E-state index in [4.69, 9.17) is 0 Å². The molecule has 4 fully saturated rings. The highest BCUT2D eigenvalue weighted by molar-refractivity contribution is 4.80. The van der Waals surface area contributed by atoms with Gasteiger partial charge in [0.25, 0.3) is 0 Å². The van der Waals surface area contributed by atoms with Crippen LogP contribution < -0.4 is 0 Å². The van der Waals surface area contributed by atoms with Crippen LogP contribution in [0.5, 0.6) is 0 Å². The molecule has 0 aromatic carbocycles. The van der Waals surface area contributed by atoms with Gasteiger partial charge in [0.15, 0.2) is 0 Å². The first-order chi connectivity index (χ1) is 9.43. The summed E-state index contributed by atoms with van der Waals surface area (Å²) in [6, 6.07) is 0. The highest BCUT2D eigenvalue weighted by Crippen LogP contribution is 2.42. The van der Waals surface area contributed by atoms with Gasteiger partial charge < -0.3 is 0 Å². The van der Waals surface area contributed by atoms with E-state index in [0.717, 1.165) is 11.8 Å². The lowest BCUT2D eigenvalue weighted by molar-refractivity contribution is 0.171. The summed E-state index contributed by atoms with van der Waals surface area (Å²) in [7, 11) is 0. The summed E-state index contributed by atoms with van der Waals surface area (Å²) >= 11 is 0. The van der Waals surface area contributed by atoms with Crippen LogP contribution in [-0.2, 0) is 0 Å². The van der Waals surface area contributed by atoms with Gasteiger partial charge in [-0.2, -0.15) is 0 Å². The third-order valence-electron chi connectivity index (χ3n) is 6.68. The Morgan fingerprint density at radius 1 is 0.263 bits per heavy atom. The minimum atomic E-state index is 1.16. The van der Waals surface area contributed by atoms with Crippen molar-refractivity contribution in [1.29, 1.82) is 0 Å². The Hall–Kier alpha value is 0. The van der Waals surface area contributed by atoms with Gasteiger partial charge in [0.1, 0.15) is 0 Å². The Morgan fingerprint density at radius 3 is 0.737 bits per heavy atom. The van der Waals surface area contributed by atoms with Crippen molar-refractivity contribution in [3.8, 4) is 0 Å². The predicted octanol–water partition coefficient (Wildman–Crippen LogP) is 6.34. The zero-order chi connectivity index (χ0) is 12.9. The van der Waals surface area contributed by atoms with E-state index < -0.39 is 0 Å². The zero-order valence-corrected chi connectivity index (χ0v) is 12.9. The number of fused-ring (bicyclic) bond motifs is 2. The maximum Gasteiger partial charge on any atom is -0.0386 e. The first-order valence-corrected chi connectivity index (χ1v) is 9.43. The molecule has 0 spiro atoms. The van der Waals surface area contributed by atoms with Crippen LogP contribution in [0.15, 0.2) is 0 Å². The second-order valence-corrected chi connectivity index (χ2v) is 7.82. The molecule has 19 heavy (non-hydrogen) atoms. The van der Waals surface area contributed by atoms with Gasteiger partial charge in [0.05, 0.1) is 0 Å². The molecule has 4 aliphatic carbocycles. The van der Waals surface area contributed by atoms with Crippen molar-refractivity contribution in [3.63, 3.8) is 0 Å². The summed E-state index contributed by atoms with van der Waals surface area (Å²) in [5.41, 5.74) is 0. The lowest BCUT2D eigenvalue weighted by atomic mass is 9.71. The van der Waals surface area contributed by atoms with Crippen molar-refractivity contribution in [2.45, 2.75) is 96.3 Å². The van der Waals surface area contributed by atoms with Crippen molar-refractivity contribution < 1.29 is 0 Å². The van der Waals surface area contributed by atoms with Crippen molar-refractivity contribution >= 4 is 0 Å². The Morgan fingerprint density at radius 2 is 0.474 bits per heavy atom. The van der Waals surface area contributed by atoms with Crippen molar-refractivity contribution in [2.75, 3.05) is 0 Å². The molecule has 4 saturated carbocycles. The molecular formula is C19H34. The average molecular weight is 262 g/mol. The molecule has 0 N–H and O–H groups in total. The predicted molar refractivity (Wildman–Crippen MR) is 83.2 cm³/mol. The molecular weight excluding hydrogens is 228 g/mol. The van der Waals surface area contributed by atoms with Gasteiger partial charge in [0.2, 0.25) is 0 Å². The molecule has 0 saturated heterocycles. The maximum absolute atomic E-state index is 1.56. The molecule has 0 amide bonds. The van der Waals surface area contributed by atoms with Gasteiger partial charge in [-0.1, -0.05) is 96.3 Å². The van der Waals surface area contributed by atoms with Gasteiger partial charge in [-0.3, -0.25) is 0 Å². The van der Waals surface area contributed by atoms with Crippen LogP contribution in [0.2, 0.25) is 0 Å². The topological polar surface area (TPSA) is 0 Å². The molecule has 0 bridgehead atoms. The number of hydrogen-bond acceptors (Lipinski definition) is 0. The normalized spacial score (nSPS) is 41.7. The van der Waals surface area contributed by atoms with Crippen LogP contribution in [0.25, 0.3) is 0 Å². The molecule has 2 unspecified atom stereocenters. The average Bonchev–Trinajstić information content (AvgIpc) is 2.96. The molecule has 0 aliphatic heterocycles. The highest BCUT2D eigenvalue weighted by Gasteiger charge is 2.29. The largest absolute Gasteiger partial charge is 0.0530 e. The Kier molecular flexibility index (Phi) is 5.24. The zero-order valence-electron chi connectivity index (χ0n) is 12.9. The summed E-state index contributed by atoms with van der Waals surface area (Å²) in [5.74, 6) is 4.64. The molecule has 110 valence electrons. The van der Waals surface area contributed by atoms with Gasteiger partial charge >= 0.3 is 0 Å². The fraction of sp³-hybridized carbons (Fsp3) is 1.00. The van der Waals surface area contributed by atoms with E-state index in [2.05, 4.69) is 0 Å². The van der Waals surface area contributed by atoms with Crippen LogP contribution in [0.1, 0.15) is 96.3 Å². The van der Waals surface area contributed by atoms with E-state index in [1.54, 1.807) is 51.4 Å². The monoisotopic (exact) mass is 262 g/mol. The number of hydrogen-bond donors (Lipinski definition) is 0. The van der Waals surface area contributed by atoms with Crippen LogP contribution >= 0.6 is 0 Å². The third-order valence-corrected chi connectivity index (χ3v) is 6.68. The lowest BCUT2D eigenvalue weighted by Gasteiger charge is -2.35. The Bertz CT molecular complexity index is 219. The van der Waals surface area contributed by atoms with E-state index >= 15 is 0 Å². The second kappa shape index (κ2) is 7.14. The van der Waals surface area contributed by atoms with Crippen LogP contribution in [0, 0.1) is 23.7 Å². The molecule has 4 rings (SSSR count). The molecule has 0 heteroatoms. The molecule has 0 radical (unpaired) electrons. The standard InChI is InChI=1S/C10H18.C9H16/c1-2-6-10-8-4-3-7-9(10)5-1;1-2-5-9-7-3-6-8(9)4-1/h9-10H,1-8H2;8-9H,1-7H2. The first kappa shape index (κ1) is 14.0. The molecule has 0 aromatic heterocycles. The molecule has 4 aliphatic rings. The SMILES string of the molecule is C1CCC2CCCC2C1.C1CCC2CCCCC2C1. The molecule has 0 nitrogen and oxygen atoms in total. The van der Waals surface area contributed by atoms with Gasteiger partial charge in [-0.05, 0) is 23.7 Å². The van der Waals surface area contributed by atoms with Crippen molar-refractivity contribution in [1.82, 2.24) is 0 Å². The summed E-state index contributed by atoms with van der Waals surface area (Å²) in [5, 5.41) is 0. The van der Waals surface area contributed by atoms with Crippen molar-refractivity contribution in [3.05, 3.63) is 0 Å². The summed E-state index contributed by atoms with van der Waals surface area (Å²) in [4.78, 5) is 0. The van der Waals surface area contributed by atoms with Gasteiger partial charge in [-0.25, -0.2) is 0 Å². The van der Waals surface area contributed by atoms with Gasteiger partial charge in [0, 0.05) is 0 Å². The first-order valence-electron chi connectivity index (χ1n) is 9.43. The minimum Gasteiger partial charge on any atom is -0.0530 e. The Balaban J connectivity index is 0.000000117. The number of rotatable bonds is 0. The molecule has 2 atom stereocenters. The maximum atomic E-state index is 1.56. The van der Waals surface area contributed by atoms with E-state index in [1.807, 2.05) is 0 Å². The summed E-state index contributed by atoms with van der Waals surface area (Å²) < 4.78 is 0. The van der Waals surface area contributed by atoms with E-state index in [9.17, 15) is 0 Å². The molecule has 0 aromatic rings.